The van der Waals surface area contributed by atoms with Gasteiger partial charge in [0, 0.05) is 11.6 Å². The first-order chi connectivity index (χ1) is 11.0. The Morgan fingerprint density at radius 3 is 2.78 bits per heavy atom. The molecule has 0 fully saturated rings. The zero-order chi connectivity index (χ0) is 16.4. The molecule has 116 valence electrons. The van der Waals surface area contributed by atoms with E-state index in [1.54, 1.807) is 12.1 Å². The molecule has 0 atom stereocenters. The van der Waals surface area contributed by atoms with Gasteiger partial charge in [0.2, 0.25) is 0 Å². The maximum absolute atomic E-state index is 13.3. The summed E-state index contributed by atoms with van der Waals surface area (Å²) in [6.45, 7) is -0.0688. The van der Waals surface area contributed by atoms with Gasteiger partial charge in [-0.05, 0) is 24.3 Å². The van der Waals surface area contributed by atoms with Crippen molar-refractivity contribution >= 4 is 16.9 Å². The average Bonchev–Trinajstić information content (AvgIpc) is 2.95. The lowest BCUT2D eigenvalue weighted by Crippen LogP contribution is -2.10. The number of anilines is 1. The molecule has 2 N–H and O–H groups in total. The van der Waals surface area contributed by atoms with Crippen molar-refractivity contribution in [3.8, 4) is 17.5 Å². The van der Waals surface area contributed by atoms with Gasteiger partial charge in [0.15, 0.2) is 5.65 Å². The van der Waals surface area contributed by atoms with Crippen LogP contribution in [0.15, 0.2) is 30.5 Å². The minimum absolute atomic E-state index is 0.0565. The molecule has 9 heteroatoms. The van der Waals surface area contributed by atoms with Crippen LogP contribution in [0.1, 0.15) is 5.56 Å². The van der Waals surface area contributed by atoms with E-state index in [-0.39, 0.29) is 23.8 Å². The van der Waals surface area contributed by atoms with Crippen LogP contribution >= 0.6 is 0 Å². The van der Waals surface area contributed by atoms with Crippen molar-refractivity contribution in [1.82, 2.24) is 20.2 Å². The van der Waals surface area contributed by atoms with E-state index in [0.29, 0.717) is 11.0 Å². The van der Waals surface area contributed by atoms with E-state index >= 15 is 0 Å². The van der Waals surface area contributed by atoms with Gasteiger partial charge in [0.1, 0.15) is 23.8 Å². The fourth-order valence-corrected chi connectivity index (χ4v) is 2.13. The number of nitrogens with zero attached hydrogens (tertiary/aromatic N) is 4. The summed E-state index contributed by atoms with van der Waals surface area (Å²) in [6, 6.07) is 7.15. The van der Waals surface area contributed by atoms with Crippen LogP contribution in [0.25, 0.3) is 22.4 Å². The van der Waals surface area contributed by atoms with E-state index in [9.17, 15) is 13.2 Å². The van der Waals surface area contributed by atoms with Crippen LogP contribution < -0.4 is 5.32 Å². The Labute approximate surface area is 128 Å². The summed E-state index contributed by atoms with van der Waals surface area (Å²) in [5, 5.41) is 18.1. The molecule has 0 aromatic carbocycles. The minimum atomic E-state index is -4.58. The van der Waals surface area contributed by atoms with Gasteiger partial charge in [0.05, 0.1) is 11.6 Å². The number of hydrogen-bond acceptors (Lipinski definition) is 5. The highest BCUT2D eigenvalue weighted by atomic mass is 19.4. The van der Waals surface area contributed by atoms with E-state index in [2.05, 4.69) is 25.5 Å². The summed E-state index contributed by atoms with van der Waals surface area (Å²) in [4.78, 5) is 7.98. The van der Waals surface area contributed by atoms with E-state index in [0.717, 1.165) is 6.07 Å². The van der Waals surface area contributed by atoms with Crippen LogP contribution in [0.4, 0.5) is 19.0 Å². The molecule has 0 saturated heterocycles. The van der Waals surface area contributed by atoms with E-state index in [1.165, 1.54) is 12.3 Å². The molecule has 0 spiro atoms. The molecular formula is C14H9F3N6. The second-order valence-electron chi connectivity index (χ2n) is 4.57. The van der Waals surface area contributed by atoms with Crippen LogP contribution in [0, 0.1) is 11.3 Å². The Kier molecular flexibility index (Phi) is 3.57. The first-order valence-corrected chi connectivity index (χ1v) is 6.49. The van der Waals surface area contributed by atoms with Crippen LogP contribution in [0.5, 0.6) is 0 Å². The van der Waals surface area contributed by atoms with Crippen LogP contribution in [0.3, 0.4) is 0 Å². The summed E-state index contributed by atoms with van der Waals surface area (Å²) >= 11 is 0. The van der Waals surface area contributed by atoms with Crippen molar-refractivity contribution in [3.63, 3.8) is 0 Å². The Morgan fingerprint density at radius 1 is 1.22 bits per heavy atom. The highest BCUT2D eigenvalue weighted by molar-refractivity contribution is 5.90. The molecule has 3 aromatic heterocycles. The predicted molar refractivity (Wildman–Crippen MR) is 76.2 cm³/mol. The van der Waals surface area contributed by atoms with Crippen molar-refractivity contribution in [2.75, 3.05) is 11.9 Å². The Hall–Kier alpha value is -3.15. The third kappa shape index (κ3) is 2.78. The van der Waals surface area contributed by atoms with Crippen LogP contribution in [0.2, 0.25) is 0 Å². The first kappa shape index (κ1) is 14.8. The number of alkyl halides is 3. The summed E-state index contributed by atoms with van der Waals surface area (Å²) in [5.41, 5.74) is -0.800. The van der Waals surface area contributed by atoms with Gasteiger partial charge in [0.25, 0.3) is 0 Å². The largest absolute Gasteiger partial charge is 0.418 e. The summed E-state index contributed by atoms with van der Waals surface area (Å²) in [5.74, 6) is 0.162. The van der Waals surface area contributed by atoms with Crippen molar-refractivity contribution in [2.24, 2.45) is 0 Å². The molecule has 6 nitrogen and oxygen atoms in total. The zero-order valence-electron chi connectivity index (χ0n) is 11.5. The molecule has 0 aliphatic carbocycles. The van der Waals surface area contributed by atoms with Crippen LogP contribution in [-0.2, 0) is 6.18 Å². The second kappa shape index (κ2) is 5.57. The average molecular weight is 318 g/mol. The Morgan fingerprint density at radius 2 is 2.04 bits per heavy atom. The van der Waals surface area contributed by atoms with Crippen molar-refractivity contribution < 1.29 is 13.2 Å². The normalized spacial score (nSPS) is 11.4. The fourth-order valence-electron chi connectivity index (χ4n) is 2.13. The number of H-pyrrole nitrogens is 1. The SMILES string of the molecule is N#CCNc1ccc(C(F)(F)F)c(-c2n[nH]c3ncccc23)n1. The number of aromatic nitrogens is 4. The highest BCUT2D eigenvalue weighted by Crippen LogP contribution is 2.37. The van der Waals surface area contributed by atoms with Crippen LogP contribution in [-0.4, -0.2) is 26.7 Å². The monoisotopic (exact) mass is 318 g/mol. The van der Waals surface area contributed by atoms with Crippen molar-refractivity contribution in [1.29, 1.82) is 5.26 Å². The number of rotatable bonds is 3. The molecule has 0 unspecified atom stereocenters. The maximum Gasteiger partial charge on any atom is 0.418 e. The number of nitriles is 1. The first-order valence-electron chi connectivity index (χ1n) is 6.49. The number of aromatic amines is 1. The van der Waals surface area contributed by atoms with Crippen molar-refractivity contribution in [2.45, 2.75) is 6.18 Å². The minimum Gasteiger partial charge on any atom is -0.357 e. The summed E-state index contributed by atoms with van der Waals surface area (Å²) in [7, 11) is 0. The van der Waals surface area contributed by atoms with Gasteiger partial charge < -0.3 is 5.32 Å². The lowest BCUT2D eigenvalue weighted by Gasteiger charge is -2.12. The number of halogens is 3. The van der Waals surface area contributed by atoms with E-state index in [1.807, 2.05) is 6.07 Å². The van der Waals surface area contributed by atoms with Gasteiger partial charge in [-0.15, -0.1) is 0 Å². The van der Waals surface area contributed by atoms with E-state index < -0.39 is 11.7 Å². The maximum atomic E-state index is 13.3. The van der Waals surface area contributed by atoms with Gasteiger partial charge in [-0.2, -0.15) is 23.5 Å². The molecule has 3 heterocycles. The smallest absolute Gasteiger partial charge is 0.357 e. The van der Waals surface area contributed by atoms with E-state index in [4.69, 9.17) is 5.26 Å². The molecule has 0 saturated carbocycles. The molecule has 0 aliphatic heterocycles. The predicted octanol–water partition coefficient (Wildman–Crippen LogP) is 2.97. The fraction of sp³-hybridized carbons (Fsp3) is 0.143. The third-order valence-corrected chi connectivity index (χ3v) is 3.11. The van der Waals surface area contributed by atoms with Gasteiger partial charge >= 0.3 is 6.18 Å². The lowest BCUT2D eigenvalue weighted by atomic mass is 10.1. The number of fused-ring (bicyclic) bond motifs is 1. The molecule has 0 radical (unpaired) electrons. The third-order valence-electron chi connectivity index (χ3n) is 3.11. The molecule has 0 aliphatic rings. The van der Waals surface area contributed by atoms with Gasteiger partial charge in [-0.25, -0.2) is 9.97 Å². The Bertz CT molecular complexity index is 893. The standard InChI is InChI=1S/C14H9F3N6/c15-14(16,17)9-3-4-10(19-7-5-18)21-12(9)11-8-2-1-6-20-13(8)23-22-11/h1-4,6H,7H2,(H,19,21)(H,20,22,23). The summed E-state index contributed by atoms with van der Waals surface area (Å²) < 4.78 is 39.8. The number of nitrogens with one attached hydrogen (secondary N) is 2. The lowest BCUT2D eigenvalue weighted by molar-refractivity contribution is -0.137. The van der Waals surface area contributed by atoms with Gasteiger partial charge in [-0.3, -0.25) is 5.10 Å². The topological polar surface area (TPSA) is 90.3 Å². The molecule has 0 amide bonds. The molecular weight excluding hydrogens is 309 g/mol. The second-order valence-corrected chi connectivity index (χ2v) is 4.57. The summed E-state index contributed by atoms with van der Waals surface area (Å²) in [6.07, 6.45) is -3.07. The number of hydrogen-bond donors (Lipinski definition) is 2. The molecule has 23 heavy (non-hydrogen) atoms. The molecule has 3 aromatic rings. The highest BCUT2D eigenvalue weighted by Gasteiger charge is 2.35. The van der Waals surface area contributed by atoms with Gasteiger partial charge in [-0.1, -0.05) is 0 Å². The Balaban J connectivity index is 2.20. The van der Waals surface area contributed by atoms with Crippen molar-refractivity contribution in [3.05, 3.63) is 36.0 Å². The quantitative estimate of drug-likeness (QED) is 0.725. The number of pyridine rings is 2. The zero-order valence-corrected chi connectivity index (χ0v) is 11.5. The molecule has 3 rings (SSSR count). The molecule has 0 bridgehead atoms.